The molecule has 2 amide bonds. The lowest BCUT2D eigenvalue weighted by Crippen LogP contribution is -2.22. The zero-order chi connectivity index (χ0) is 20.1. The summed E-state index contributed by atoms with van der Waals surface area (Å²) in [5, 5.41) is 14.0. The third-order valence-electron chi connectivity index (χ3n) is 4.25. The average molecular weight is 373 g/mol. The highest BCUT2D eigenvalue weighted by atomic mass is 16.2. The Kier molecular flexibility index (Phi) is 5.61. The van der Waals surface area contributed by atoms with Gasteiger partial charge in [0.1, 0.15) is 6.42 Å². The van der Waals surface area contributed by atoms with Crippen molar-refractivity contribution in [2.45, 2.75) is 26.8 Å². The van der Waals surface area contributed by atoms with Gasteiger partial charge in [-0.05, 0) is 49.7 Å². The van der Waals surface area contributed by atoms with Gasteiger partial charge in [0.2, 0.25) is 5.91 Å². The summed E-state index contributed by atoms with van der Waals surface area (Å²) in [6.45, 7) is 4.07. The van der Waals surface area contributed by atoms with Gasteiger partial charge in [0.15, 0.2) is 0 Å². The minimum absolute atomic E-state index is 0.180. The molecule has 0 aliphatic rings. The molecule has 0 aliphatic heterocycles. The third-order valence-corrected chi connectivity index (χ3v) is 4.25. The van der Waals surface area contributed by atoms with Gasteiger partial charge < -0.3 is 10.6 Å². The quantitative estimate of drug-likeness (QED) is 0.715. The molecule has 0 saturated carbocycles. The fourth-order valence-electron chi connectivity index (χ4n) is 2.67. The number of hydrogen-bond donors (Lipinski definition) is 2. The van der Waals surface area contributed by atoms with Gasteiger partial charge >= 0.3 is 0 Å². The first-order chi connectivity index (χ1) is 13.5. The van der Waals surface area contributed by atoms with E-state index in [1.54, 1.807) is 42.5 Å². The monoisotopic (exact) mass is 373 g/mol. The van der Waals surface area contributed by atoms with Crippen molar-refractivity contribution in [2.75, 3.05) is 5.32 Å². The lowest BCUT2D eigenvalue weighted by Gasteiger charge is -2.09. The Balaban J connectivity index is 1.73. The number of anilines is 1. The second kappa shape index (κ2) is 8.27. The molecule has 3 aromatic rings. The van der Waals surface area contributed by atoms with Crippen molar-refractivity contribution in [1.82, 2.24) is 15.3 Å². The molecule has 28 heavy (non-hydrogen) atoms. The number of carbonyl (C=O) groups excluding carboxylic acids is 2. The molecule has 0 saturated heterocycles. The van der Waals surface area contributed by atoms with Crippen LogP contribution in [0.15, 0.2) is 42.5 Å². The summed E-state index contributed by atoms with van der Waals surface area (Å²) in [6, 6.07) is 14.2. The van der Waals surface area contributed by atoms with E-state index in [1.165, 1.54) is 0 Å². The number of rotatable bonds is 5. The molecule has 0 aliphatic carbocycles. The lowest BCUT2D eigenvalue weighted by atomic mass is 10.1. The summed E-state index contributed by atoms with van der Waals surface area (Å²) < 4.78 is 0. The molecule has 1 aromatic heterocycles. The first-order valence-electron chi connectivity index (χ1n) is 8.75. The third kappa shape index (κ3) is 4.48. The number of aromatic nitrogens is 2. The molecular formula is C21H19N5O2. The Labute approximate surface area is 162 Å². The molecular weight excluding hydrogens is 354 g/mol. The SMILES string of the molecule is Cc1nc2ccc(C(=O)Nc3cccc(CNC(=O)CC#N)c3)cc2nc1C. The van der Waals surface area contributed by atoms with E-state index >= 15 is 0 Å². The van der Waals surface area contributed by atoms with Crippen LogP contribution in [-0.4, -0.2) is 21.8 Å². The van der Waals surface area contributed by atoms with Crippen LogP contribution >= 0.6 is 0 Å². The van der Waals surface area contributed by atoms with E-state index in [-0.39, 0.29) is 24.8 Å². The van der Waals surface area contributed by atoms with Gasteiger partial charge in [0.05, 0.1) is 28.5 Å². The molecule has 0 unspecified atom stereocenters. The van der Waals surface area contributed by atoms with E-state index < -0.39 is 0 Å². The molecule has 7 heteroatoms. The fourth-order valence-corrected chi connectivity index (χ4v) is 2.67. The number of carbonyl (C=O) groups is 2. The zero-order valence-corrected chi connectivity index (χ0v) is 15.6. The van der Waals surface area contributed by atoms with Crippen LogP contribution in [0.3, 0.4) is 0 Å². The Morgan fingerprint density at radius 3 is 2.54 bits per heavy atom. The predicted molar refractivity (Wildman–Crippen MR) is 105 cm³/mol. The molecule has 3 rings (SSSR count). The second-order valence-electron chi connectivity index (χ2n) is 6.36. The number of benzene rings is 2. The first kappa shape index (κ1) is 19.0. The lowest BCUT2D eigenvalue weighted by molar-refractivity contribution is -0.120. The molecule has 0 bridgehead atoms. The molecule has 140 valence electrons. The largest absolute Gasteiger partial charge is 0.351 e. The van der Waals surface area contributed by atoms with Crippen LogP contribution in [0.5, 0.6) is 0 Å². The van der Waals surface area contributed by atoms with Gasteiger partial charge in [-0.1, -0.05) is 12.1 Å². The van der Waals surface area contributed by atoms with E-state index in [0.29, 0.717) is 16.8 Å². The van der Waals surface area contributed by atoms with E-state index in [2.05, 4.69) is 20.6 Å². The first-order valence-corrected chi connectivity index (χ1v) is 8.75. The Bertz CT molecular complexity index is 1100. The molecule has 0 spiro atoms. The number of aryl methyl sites for hydroxylation is 2. The molecule has 1 heterocycles. The average Bonchev–Trinajstić information content (AvgIpc) is 2.67. The van der Waals surface area contributed by atoms with E-state index in [9.17, 15) is 9.59 Å². The van der Waals surface area contributed by atoms with Crippen molar-refractivity contribution >= 4 is 28.5 Å². The number of amides is 2. The molecule has 0 fully saturated rings. The van der Waals surface area contributed by atoms with Crippen LogP contribution in [0.4, 0.5) is 5.69 Å². The van der Waals surface area contributed by atoms with Crippen LogP contribution in [0.2, 0.25) is 0 Å². The minimum Gasteiger partial charge on any atom is -0.351 e. The molecule has 2 aromatic carbocycles. The van der Waals surface area contributed by atoms with Crippen molar-refractivity contribution in [3.8, 4) is 6.07 Å². The summed E-state index contributed by atoms with van der Waals surface area (Å²) in [4.78, 5) is 33.0. The van der Waals surface area contributed by atoms with Gasteiger partial charge in [0, 0.05) is 17.8 Å². The number of nitriles is 1. The molecule has 0 radical (unpaired) electrons. The second-order valence-corrected chi connectivity index (χ2v) is 6.36. The molecule has 7 nitrogen and oxygen atoms in total. The number of nitrogens with one attached hydrogen (secondary N) is 2. The highest BCUT2D eigenvalue weighted by Gasteiger charge is 2.10. The van der Waals surface area contributed by atoms with Gasteiger partial charge in [-0.3, -0.25) is 9.59 Å². The van der Waals surface area contributed by atoms with Crippen LogP contribution in [-0.2, 0) is 11.3 Å². The summed E-state index contributed by atoms with van der Waals surface area (Å²) in [7, 11) is 0. The maximum Gasteiger partial charge on any atom is 0.255 e. The normalized spacial score (nSPS) is 10.3. The highest BCUT2D eigenvalue weighted by molar-refractivity contribution is 6.05. The van der Waals surface area contributed by atoms with Crippen molar-refractivity contribution in [2.24, 2.45) is 0 Å². The van der Waals surface area contributed by atoms with E-state index in [1.807, 2.05) is 19.9 Å². The van der Waals surface area contributed by atoms with Crippen molar-refractivity contribution < 1.29 is 9.59 Å². The van der Waals surface area contributed by atoms with Gasteiger partial charge in [-0.15, -0.1) is 0 Å². The smallest absolute Gasteiger partial charge is 0.255 e. The summed E-state index contributed by atoms with van der Waals surface area (Å²) in [5.41, 5.74) is 5.03. The zero-order valence-electron chi connectivity index (χ0n) is 15.6. The molecule has 2 N–H and O–H groups in total. The fraction of sp³-hybridized carbons (Fsp3) is 0.190. The minimum atomic E-state index is -0.334. The maximum absolute atomic E-state index is 12.6. The van der Waals surface area contributed by atoms with Crippen LogP contribution < -0.4 is 10.6 Å². The Hall–Kier alpha value is -3.79. The topological polar surface area (TPSA) is 108 Å². The number of hydrogen-bond acceptors (Lipinski definition) is 5. The Morgan fingerprint density at radius 1 is 1.04 bits per heavy atom. The highest BCUT2D eigenvalue weighted by Crippen LogP contribution is 2.17. The van der Waals surface area contributed by atoms with Crippen molar-refractivity contribution in [3.63, 3.8) is 0 Å². The summed E-state index contributed by atoms with van der Waals surface area (Å²) in [5.74, 6) is -0.590. The van der Waals surface area contributed by atoms with Gasteiger partial charge in [0.25, 0.3) is 5.91 Å². The van der Waals surface area contributed by atoms with Crippen LogP contribution in [0.1, 0.15) is 33.7 Å². The van der Waals surface area contributed by atoms with Crippen LogP contribution in [0, 0.1) is 25.2 Å². The van der Waals surface area contributed by atoms with Crippen LogP contribution in [0.25, 0.3) is 11.0 Å². The summed E-state index contributed by atoms with van der Waals surface area (Å²) in [6.07, 6.45) is -0.180. The number of fused-ring (bicyclic) bond motifs is 1. The standard InChI is InChI=1S/C21H19N5O2/c1-13-14(2)25-19-11-16(6-7-18(19)24-13)21(28)26-17-5-3-4-15(10-17)12-23-20(27)8-9-22/h3-7,10-11H,8,12H2,1-2H3,(H,23,27)(H,26,28). The van der Waals surface area contributed by atoms with E-state index in [0.717, 1.165) is 22.5 Å². The maximum atomic E-state index is 12.6. The summed E-state index contributed by atoms with van der Waals surface area (Å²) >= 11 is 0. The van der Waals surface area contributed by atoms with Gasteiger partial charge in [-0.2, -0.15) is 5.26 Å². The van der Waals surface area contributed by atoms with E-state index in [4.69, 9.17) is 5.26 Å². The molecule has 0 atom stereocenters. The predicted octanol–water partition coefficient (Wildman–Crippen LogP) is 3.03. The van der Waals surface area contributed by atoms with Gasteiger partial charge in [-0.25, -0.2) is 9.97 Å². The Morgan fingerprint density at radius 2 is 1.79 bits per heavy atom. The van der Waals surface area contributed by atoms with Crippen molar-refractivity contribution in [3.05, 3.63) is 65.0 Å². The van der Waals surface area contributed by atoms with Crippen molar-refractivity contribution in [1.29, 1.82) is 5.26 Å². The number of nitrogens with zero attached hydrogens (tertiary/aromatic N) is 3.